The highest BCUT2D eigenvalue weighted by molar-refractivity contribution is 8.03. The maximum Gasteiger partial charge on any atom is 0.124 e. The van der Waals surface area contributed by atoms with Crippen LogP contribution in [0.5, 0.6) is 0 Å². The SMILES string of the molecule is CC(F)C/C=C\C(=N)C1=C2C[C@H](COCCO)CN2C(C2CC=CS2)=N[C@H]1c1ccc(F)cc1Cl. The van der Waals surface area contributed by atoms with Gasteiger partial charge in [-0.3, -0.25) is 4.99 Å². The monoisotopic (exact) mass is 521 g/mol. The predicted octanol–water partition coefficient (Wildman–Crippen LogP) is 5.86. The molecule has 0 aromatic heterocycles. The quantitative estimate of drug-likeness (QED) is 0.299. The Morgan fingerprint density at radius 3 is 2.97 bits per heavy atom. The highest BCUT2D eigenvalue weighted by Gasteiger charge is 2.41. The molecule has 3 aliphatic heterocycles. The van der Waals surface area contributed by atoms with E-state index in [2.05, 4.69) is 16.4 Å². The Morgan fingerprint density at radius 1 is 1.46 bits per heavy atom. The fourth-order valence-corrected chi connectivity index (χ4v) is 5.89. The van der Waals surface area contributed by atoms with Gasteiger partial charge in [0, 0.05) is 34.3 Å². The van der Waals surface area contributed by atoms with Gasteiger partial charge in [0.25, 0.3) is 0 Å². The van der Waals surface area contributed by atoms with Crippen LogP contribution in [0.3, 0.4) is 0 Å². The molecule has 9 heteroatoms. The minimum absolute atomic E-state index is 0.0327. The molecule has 4 atom stereocenters. The number of hydrogen-bond acceptors (Lipinski definition) is 6. The third-order valence-electron chi connectivity index (χ3n) is 6.23. The van der Waals surface area contributed by atoms with Crippen molar-refractivity contribution < 1.29 is 18.6 Å². The van der Waals surface area contributed by atoms with Crippen molar-refractivity contribution >= 4 is 34.9 Å². The molecule has 3 heterocycles. The second-order valence-electron chi connectivity index (χ2n) is 8.96. The number of aliphatic imine (C=N–C) groups is 1. The van der Waals surface area contributed by atoms with Crippen LogP contribution in [0.1, 0.15) is 37.8 Å². The smallest absolute Gasteiger partial charge is 0.124 e. The second-order valence-corrected chi connectivity index (χ2v) is 10.5. The van der Waals surface area contributed by atoms with Crippen LogP contribution < -0.4 is 0 Å². The van der Waals surface area contributed by atoms with Crippen LogP contribution in [0.2, 0.25) is 5.02 Å². The number of halogens is 3. The molecule has 0 radical (unpaired) electrons. The van der Waals surface area contributed by atoms with Crippen LogP contribution >= 0.6 is 23.4 Å². The predicted molar refractivity (Wildman–Crippen MR) is 139 cm³/mol. The summed E-state index contributed by atoms with van der Waals surface area (Å²) in [5.74, 6) is 0.656. The fraction of sp³-hybridized carbons (Fsp3) is 0.462. The van der Waals surface area contributed by atoms with Crippen LogP contribution in [-0.4, -0.2) is 59.3 Å². The van der Waals surface area contributed by atoms with Crippen molar-refractivity contribution in [1.82, 2.24) is 4.90 Å². The van der Waals surface area contributed by atoms with Crippen LogP contribution in [0.15, 0.2) is 58.1 Å². The number of hydrogen-bond donors (Lipinski definition) is 2. The Labute approximate surface area is 214 Å². The first-order chi connectivity index (χ1) is 16.9. The number of aliphatic hydroxyl groups excluding tert-OH is 1. The van der Waals surface area contributed by atoms with Gasteiger partial charge >= 0.3 is 0 Å². The van der Waals surface area contributed by atoms with Gasteiger partial charge in [-0.25, -0.2) is 8.78 Å². The van der Waals surface area contributed by atoms with Gasteiger partial charge in [-0.05, 0) is 49.8 Å². The van der Waals surface area contributed by atoms with E-state index in [9.17, 15) is 8.78 Å². The van der Waals surface area contributed by atoms with Gasteiger partial charge in [0.15, 0.2) is 0 Å². The number of allylic oxidation sites excluding steroid dienone is 4. The van der Waals surface area contributed by atoms with E-state index >= 15 is 0 Å². The molecule has 1 aromatic rings. The molecule has 2 unspecified atom stereocenters. The van der Waals surface area contributed by atoms with Gasteiger partial charge in [0.2, 0.25) is 0 Å². The molecule has 1 aromatic carbocycles. The number of nitrogens with zero attached hydrogens (tertiary/aromatic N) is 2. The molecule has 0 aliphatic carbocycles. The Hall–Kier alpha value is -2.00. The number of nitrogens with one attached hydrogen (secondary N) is 1. The average molecular weight is 522 g/mol. The van der Waals surface area contributed by atoms with E-state index < -0.39 is 18.0 Å². The number of amidine groups is 1. The summed E-state index contributed by atoms with van der Waals surface area (Å²) >= 11 is 8.21. The summed E-state index contributed by atoms with van der Waals surface area (Å²) in [5.41, 5.74) is 2.56. The van der Waals surface area contributed by atoms with Gasteiger partial charge in [-0.2, -0.15) is 0 Å². The standard InChI is InChI=1S/C26H30ClF2N3O2S/c1-16(28)4-2-5-21(30)24-22-12-17(15-34-10-9-33)14-32(22)26(23-6-3-11-35-23)31-25(24)19-8-7-18(29)13-20(19)27/h2-3,5,7-8,11,13,16-17,23,25,30,33H,4,6,9-10,12,14-15H2,1H3/b5-2-,30-21?/t16?,17-,23?,25-/m0/s1. The molecule has 1 saturated heterocycles. The summed E-state index contributed by atoms with van der Waals surface area (Å²) in [6, 6.07) is 3.71. The van der Waals surface area contributed by atoms with E-state index in [1.165, 1.54) is 19.1 Å². The Bertz CT molecular complexity index is 1060. The van der Waals surface area contributed by atoms with Crippen LogP contribution in [0.25, 0.3) is 0 Å². The zero-order valence-electron chi connectivity index (χ0n) is 19.6. The Morgan fingerprint density at radius 2 is 2.29 bits per heavy atom. The molecule has 4 rings (SSSR count). The second kappa shape index (κ2) is 11.8. The van der Waals surface area contributed by atoms with E-state index in [1.807, 2.05) is 0 Å². The van der Waals surface area contributed by atoms with Crippen molar-refractivity contribution in [2.75, 3.05) is 26.4 Å². The minimum Gasteiger partial charge on any atom is -0.394 e. The first kappa shape index (κ1) is 26.1. The lowest BCUT2D eigenvalue weighted by Crippen LogP contribution is -2.39. The molecule has 0 spiro atoms. The van der Waals surface area contributed by atoms with Crippen molar-refractivity contribution in [3.8, 4) is 0 Å². The molecular formula is C26H30ClF2N3O2S. The highest BCUT2D eigenvalue weighted by atomic mass is 35.5. The van der Waals surface area contributed by atoms with E-state index in [1.54, 1.807) is 30.0 Å². The first-order valence-corrected chi connectivity index (χ1v) is 13.1. The third-order valence-corrected chi connectivity index (χ3v) is 7.64. The van der Waals surface area contributed by atoms with Crippen molar-refractivity contribution in [2.24, 2.45) is 10.9 Å². The van der Waals surface area contributed by atoms with E-state index in [-0.39, 0.29) is 41.5 Å². The van der Waals surface area contributed by atoms with E-state index in [0.29, 0.717) is 30.7 Å². The van der Waals surface area contributed by atoms with Crippen molar-refractivity contribution in [1.29, 1.82) is 5.41 Å². The van der Waals surface area contributed by atoms with Crippen molar-refractivity contribution in [3.63, 3.8) is 0 Å². The van der Waals surface area contributed by atoms with Gasteiger partial charge in [0.1, 0.15) is 23.9 Å². The molecule has 3 aliphatic rings. The molecular weight excluding hydrogens is 492 g/mol. The summed E-state index contributed by atoms with van der Waals surface area (Å²) < 4.78 is 32.9. The number of alkyl halides is 1. The lowest BCUT2D eigenvalue weighted by Gasteiger charge is -2.35. The maximum atomic E-state index is 13.9. The number of benzene rings is 1. The van der Waals surface area contributed by atoms with Gasteiger partial charge in [-0.15, -0.1) is 11.8 Å². The van der Waals surface area contributed by atoms with Crippen molar-refractivity contribution in [3.05, 3.63) is 69.5 Å². The Kier molecular flexibility index (Phi) is 8.81. The lowest BCUT2D eigenvalue weighted by molar-refractivity contribution is 0.0706. The number of ether oxygens (including phenoxy) is 1. The summed E-state index contributed by atoms with van der Waals surface area (Å²) in [7, 11) is 0. The first-order valence-electron chi connectivity index (χ1n) is 11.8. The number of rotatable bonds is 10. The summed E-state index contributed by atoms with van der Waals surface area (Å²) in [5, 5.41) is 20.5. The largest absolute Gasteiger partial charge is 0.394 e. The third kappa shape index (κ3) is 6.05. The highest BCUT2D eigenvalue weighted by Crippen LogP contribution is 2.45. The van der Waals surface area contributed by atoms with Crippen LogP contribution in [0.4, 0.5) is 8.78 Å². The van der Waals surface area contributed by atoms with Gasteiger partial charge in [-0.1, -0.05) is 29.8 Å². The lowest BCUT2D eigenvalue weighted by atomic mass is 9.90. The number of thioether (sulfide) groups is 1. The topological polar surface area (TPSA) is 68.9 Å². The maximum absolute atomic E-state index is 13.9. The number of fused-ring (bicyclic) bond motifs is 1. The molecule has 35 heavy (non-hydrogen) atoms. The molecule has 5 nitrogen and oxygen atoms in total. The molecule has 188 valence electrons. The normalized spacial score (nSPS) is 24.9. The average Bonchev–Trinajstić information content (AvgIpc) is 3.48. The summed E-state index contributed by atoms with van der Waals surface area (Å²) in [6.07, 6.45) is 6.16. The van der Waals surface area contributed by atoms with Crippen LogP contribution in [-0.2, 0) is 4.74 Å². The Balaban J connectivity index is 1.78. The van der Waals surface area contributed by atoms with E-state index in [0.717, 1.165) is 18.0 Å². The fourth-order valence-electron chi connectivity index (χ4n) is 4.68. The zero-order valence-corrected chi connectivity index (χ0v) is 21.2. The van der Waals surface area contributed by atoms with Crippen LogP contribution in [0, 0.1) is 17.1 Å². The van der Waals surface area contributed by atoms with Gasteiger partial charge < -0.3 is 20.2 Å². The minimum atomic E-state index is -1.00. The number of aliphatic hydroxyl groups is 1. The van der Waals surface area contributed by atoms with Crippen molar-refractivity contribution in [2.45, 2.75) is 43.6 Å². The molecule has 0 bridgehead atoms. The molecule has 0 saturated carbocycles. The molecule has 1 fully saturated rings. The zero-order chi connectivity index (χ0) is 24.9. The summed E-state index contributed by atoms with van der Waals surface area (Å²) in [4.78, 5) is 7.33. The van der Waals surface area contributed by atoms with Gasteiger partial charge in [0.05, 0.1) is 30.8 Å². The molecule has 2 N–H and O–H groups in total. The van der Waals surface area contributed by atoms with E-state index in [4.69, 9.17) is 31.8 Å². The molecule has 0 amide bonds. The summed E-state index contributed by atoms with van der Waals surface area (Å²) in [6.45, 7) is 2.91.